The number of hydrogen-bond donors (Lipinski definition) is 1. The second kappa shape index (κ2) is 11.0. The molecule has 0 unspecified atom stereocenters. The third-order valence-corrected chi connectivity index (χ3v) is 7.39. The van der Waals surface area contributed by atoms with Gasteiger partial charge < -0.3 is 14.8 Å². The normalized spacial score (nSPS) is 19.6. The van der Waals surface area contributed by atoms with Gasteiger partial charge in [0.15, 0.2) is 11.5 Å². The van der Waals surface area contributed by atoms with Crippen molar-refractivity contribution in [3.63, 3.8) is 0 Å². The van der Waals surface area contributed by atoms with Crippen molar-refractivity contribution in [3.8, 4) is 11.5 Å². The first-order valence-corrected chi connectivity index (χ1v) is 13.4. The molecule has 1 heterocycles. The van der Waals surface area contributed by atoms with Gasteiger partial charge in [-0.2, -0.15) is 0 Å². The Morgan fingerprint density at radius 1 is 0.868 bits per heavy atom. The van der Waals surface area contributed by atoms with Crippen LogP contribution >= 0.6 is 0 Å². The van der Waals surface area contributed by atoms with Crippen molar-refractivity contribution in [2.45, 2.75) is 31.9 Å². The highest BCUT2D eigenvalue weighted by molar-refractivity contribution is 5.83. The number of nitrogens with zero attached hydrogens (tertiary/aromatic N) is 1. The highest BCUT2D eigenvalue weighted by Gasteiger charge is 2.37. The monoisotopic (exact) mass is 500 g/mol. The Hall–Kier alpha value is -4.31. The molecule has 190 valence electrons. The average Bonchev–Trinajstić information content (AvgIpc) is 3.47. The molecule has 0 fully saturated rings. The summed E-state index contributed by atoms with van der Waals surface area (Å²) >= 11 is 0. The highest BCUT2D eigenvalue weighted by Crippen LogP contribution is 2.49. The van der Waals surface area contributed by atoms with E-state index in [2.05, 4.69) is 78.1 Å². The van der Waals surface area contributed by atoms with Crippen LogP contribution in [0.1, 0.15) is 47.6 Å². The van der Waals surface area contributed by atoms with Gasteiger partial charge in [0.05, 0.1) is 18.3 Å². The first-order chi connectivity index (χ1) is 18.8. The summed E-state index contributed by atoms with van der Waals surface area (Å²) in [5.41, 5.74) is 6.97. The smallest absolute Gasteiger partial charge is 0.161 e. The molecule has 4 aromatic rings. The predicted octanol–water partition coefficient (Wildman–Crippen LogP) is 8.24. The van der Waals surface area contributed by atoms with Crippen LogP contribution in [0.25, 0.3) is 0 Å². The molecular weight excluding hydrogens is 468 g/mol. The molecule has 1 aliphatic heterocycles. The lowest BCUT2D eigenvalue weighted by atomic mass is 9.77. The molecule has 1 N–H and O–H groups in total. The van der Waals surface area contributed by atoms with Gasteiger partial charge >= 0.3 is 0 Å². The molecule has 0 radical (unpaired) electrons. The minimum absolute atomic E-state index is 0.292. The van der Waals surface area contributed by atoms with Crippen molar-refractivity contribution < 1.29 is 9.47 Å². The Labute approximate surface area is 224 Å². The van der Waals surface area contributed by atoms with Crippen molar-refractivity contribution in [3.05, 3.63) is 131 Å². The number of fused-ring (bicyclic) bond motifs is 3. The molecular formula is C34H32N2O2. The molecule has 0 bridgehead atoms. The lowest BCUT2D eigenvalue weighted by Crippen LogP contribution is -2.28. The summed E-state index contributed by atoms with van der Waals surface area (Å²) in [6.45, 7) is 3.05. The number of anilines is 1. The molecule has 0 saturated carbocycles. The van der Waals surface area contributed by atoms with Crippen LogP contribution in [-0.4, -0.2) is 12.8 Å². The largest absolute Gasteiger partial charge is 0.490 e. The van der Waals surface area contributed by atoms with E-state index in [-0.39, 0.29) is 0 Å². The predicted molar refractivity (Wildman–Crippen MR) is 155 cm³/mol. The fraction of sp³-hybridized carbons (Fsp3) is 0.206. The minimum atomic E-state index is 0.292. The van der Waals surface area contributed by atoms with Crippen LogP contribution in [0.2, 0.25) is 0 Å². The Morgan fingerprint density at radius 2 is 1.68 bits per heavy atom. The van der Waals surface area contributed by atoms with Crippen molar-refractivity contribution >= 4 is 17.6 Å². The number of aliphatic imine (C=N–C) groups is 1. The maximum Gasteiger partial charge on any atom is 0.161 e. The zero-order valence-corrected chi connectivity index (χ0v) is 21.6. The molecule has 0 spiro atoms. The van der Waals surface area contributed by atoms with Gasteiger partial charge in [-0.3, -0.25) is 4.99 Å². The second-order valence-electron chi connectivity index (χ2n) is 9.83. The van der Waals surface area contributed by atoms with Gasteiger partial charge in [-0.1, -0.05) is 72.8 Å². The number of rotatable bonds is 8. The van der Waals surface area contributed by atoms with Gasteiger partial charge in [0, 0.05) is 17.8 Å². The van der Waals surface area contributed by atoms with Crippen molar-refractivity contribution in [1.29, 1.82) is 0 Å². The summed E-state index contributed by atoms with van der Waals surface area (Å²) in [5, 5.41) is 3.80. The Kier molecular flexibility index (Phi) is 6.95. The number of allylic oxidation sites excluding steroid dienone is 2. The van der Waals surface area contributed by atoms with Crippen LogP contribution in [0.4, 0.5) is 11.4 Å². The van der Waals surface area contributed by atoms with E-state index in [0.717, 1.165) is 34.7 Å². The number of nitrogens with one attached hydrogen (secondary N) is 1. The van der Waals surface area contributed by atoms with Crippen LogP contribution < -0.4 is 14.8 Å². The minimum Gasteiger partial charge on any atom is -0.490 e. The van der Waals surface area contributed by atoms with Gasteiger partial charge in [0.25, 0.3) is 0 Å². The Bertz CT molecular complexity index is 1440. The number of benzene rings is 4. The third kappa shape index (κ3) is 5.08. The fourth-order valence-corrected chi connectivity index (χ4v) is 5.52. The molecule has 6 rings (SSSR count). The molecule has 4 heteroatoms. The average molecular weight is 501 g/mol. The molecule has 0 saturated heterocycles. The zero-order valence-electron chi connectivity index (χ0n) is 21.6. The molecule has 4 nitrogen and oxygen atoms in total. The summed E-state index contributed by atoms with van der Waals surface area (Å²) in [4.78, 5) is 4.74. The topological polar surface area (TPSA) is 42.8 Å². The van der Waals surface area contributed by atoms with E-state index >= 15 is 0 Å². The molecule has 1 aliphatic carbocycles. The number of para-hydroxylation sites is 1. The standard InChI is InChI=1S/C34H32N2O2/c1-2-37-33-21-25(15-20-32(33)38-23-24-9-4-3-5-10-24)22-35-27-18-16-26(17-19-27)34-30-13-8-12-28(30)29-11-6-7-14-31(29)36-34/h3-12,14-22,28,30,34,36H,2,13,23H2,1H3/t28-,30+,34+/m1/s1. The SMILES string of the molecule is CCOc1cc(C=Nc2ccc([C@@H]3Nc4ccccc4[C@H]4C=CC[C@@H]43)cc2)ccc1OCc1ccccc1. The van der Waals surface area contributed by atoms with E-state index < -0.39 is 0 Å². The highest BCUT2D eigenvalue weighted by atomic mass is 16.5. The summed E-state index contributed by atoms with van der Waals surface area (Å²) in [5.74, 6) is 2.48. The molecule has 3 atom stereocenters. The van der Waals surface area contributed by atoms with E-state index in [1.165, 1.54) is 16.8 Å². The first-order valence-electron chi connectivity index (χ1n) is 13.4. The van der Waals surface area contributed by atoms with Crippen LogP contribution in [0.5, 0.6) is 11.5 Å². The maximum atomic E-state index is 6.04. The molecule has 0 aromatic heterocycles. The first kappa shape index (κ1) is 24.1. The lowest BCUT2D eigenvalue weighted by Gasteiger charge is -2.37. The summed E-state index contributed by atoms with van der Waals surface area (Å²) < 4.78 is 11.9. The van der Waals surface area contributed by atoms with Gasteiger partial charge in [-0.15, -0.1) is 0 Å². The van der Waals surface area contributed by atoms with E-state index in [1.54, 1.807) is 0 Å². The number of ether oxygens (including phenoxy) is 2. The lowest BCUT2D eigenvalue weighted by molar-refractivity contribution is 0.269. The van der Waals surface area contributed by atoms with Crippen molar-refractivity contribution in [2.75, 3.05) is 11.9 Å². The summed E-state index contributed by atoms with van der Waals surface area (Å²) in [7, 11) is 0. The zero-order chi connectivity index (χ0) is 25.7. The van der Waals surface area contributed by atoms with Crippen LogP contribution in [0, 0.1) is 5.92 Å². The van der Waals surface area contributed by atoms with Gasteiger partial charge in [0.1, 0.15) is 6.61 Å². The number of hydrogen-bond acceptors (Lipinski definition) is 4. The quantitative estimate of drug-likeness (QED) is 0.196. The molecule has 2 aliphatic rings. The summed E-state index contributed by atoms with van der Waals surface area (Å²) in [6, 6.07) is 33.7. The van der Waals surface area contributed by atoms with Crippen molar-refractivity contribution in [1.82, 2.24) is 0 Å². The van der Waals surface area contributed by atoms with Gasteiger partial charge in [0.2, 0.25) is 0 Å². The Morgan fingerprint density at radius 3 is 2.53 bits per heavy atom. The van der Waals surface area contributed by atoms with E-state index in [9.17, 15) is 0 Å². The summed E-state index contributed by atoms with van der Waals surface area (Å²) in [6.07, 6.45) is 7.69. The second-order valence-corrected chi connectivity index (χ2v) is 9.83. The molecule has 38 heavy (non-hydrogen) atoms. The molecule has 0 amide bonds. The van der Waals surface area contributed by atoms with Crippen LogP contribution in [0.15, 0.2) is 114 Å². The molecule has 4 aromatic carbocycles. The van der Waals surface area contributed by atoms with Crippen LogP contribution in [-0.2, 0) is 6.61 Å². The van der Waals surface area contributed by atoms with Crippen LogP contribution in [0.3, 0.4) is 0 Å². The van der Waals surface area contributed by atoms with Gasteiger partial charge in [-0.25, -0.2) is 0 Å². The van der Waals surface area contributed by atoms with E-state index in [0.29, 0.717) is 31.1 Å². The van der Waals surface area contributed by atoms with E-state index in [4.69, 9.17) is 14.5 Å². The van der Waals surface area contributed by atoms with Gasteiger partial charge in [-0.05, 0) is 77.9 Å². The maximum absolute atomic E-state index is 6.04. The Balaban J connectivity index is 1.15. The van der Waals surface area contributed by atoms with E-state index in [1.807, 2.05) is 49.5 Å². The van der Waals surface area contributed by atoms with Crippen molar-refractivity contribution in [2.24, 2.45) is 10.9 Å². The fourth-order valence-electron chi connectivity index (χ4n) is 5.52. The third-order valence-electron chi connectivity index (χ3n) is 7.39.